The lowest BCUT2D eigenvalue weighted by Gasteiger charge is -2.32. The molecule has 0 atom stereocenters. The average molecular weight is 285 g/mol. The van der Waals surface area contributed by atoms with Crippen LogP contribution >= 0.6 is 0 Å². The van der Waals surface area contributed by atoms with Crippen LogP contribution in [-0.2, 0) is 6.54 Å². The van der Waals surface area contributed by atoms with E-state index in [0.29, 0.717) is 6.10 Å². The van der Waals surface area contributed by atoms with E-state index in [1.54, 1.807) is 0 Å². The van der Waals surface area contributed by atoms with E-state index in [9.17, 15) is 0 Å². The van der Waals surface area contributed by atoms with Gasteiger partial charge in [0, 0.05) is 32.0 Å². The fourth-order valence-corrected chi connectivity index (χ4v) is 2.80. The molecule has 0 N–H and O–H groups in total. The second-order valence-corrected chi connectivity index (χ2v) is 5.69. The second-order valence-electron chi connectivity index (χ2n) is 5.69. The summed E-state index contributed by atoms with van der Waals surface area (Å²) in [7, 11) is 0. The Morgan fingerprint density at radius 2 is 1.95 bits per heavy atom. The number of nitrogens with zero attached hydrogens (tertiary/aromatic N) is 3. The van der Waals surface area contributed by atoms with Crippen LogP contribution < -0.4 is 4.74 Å². The molecule has 3 rings (SSSR count). The van der Waals surface area contributed by atoms with Crippen LogP contribution in [0.4, 0.5) is 0 Å². The van der Waals surface area contributed by atoms with Gasteiger partial charge in [0.2, 0.25) is 0 Å². The van der Waals surface area contributed by atoms with Crippen LogP contribution in [0.5, 0.6) is 5.75 Å². The van der Waals surface area contributed by atoms with Crippen molar-refractivity contribution in [3.8, 4) is 5.75 Å². The number of hydrogen-bond donors (Lipinski definition) is 0. The number of aromatic nitrogens is 2. The number of ether oxygens (including phenoxy) is 1. The number of rotatable bonds is 5. The highest BCUT2D eigenvalue weighted by atomic mass is 16.5. The van der Waals surface area contributed by atoms with Gasteiger partial charge in [-0.25, -0.2) is 0 Å². The van der Waals surface area contributed by atoms with E-state index in [-0.39, 0.29) is 0 Å². The Kier molecular flexibility index (Phi) is 4.55. The first-order valence-electron chi connectivity index (χ1n) is 7.73. The highest BCUT2D eigenvalue weighted by molar-refractivity contribution is 5.31. The first-order valence-corrected chi connectivity index (χ1v) is 7.73. The third-order valence-electron chi connectivity index (χ3n) is 4.13. The van der Waals surface area contributed by atoms with Crippen molar-refractivity contribution >= 4 is 0 Å². The summed E-state index contributed by atoms with van der Waals surface area (Å²) in [5, 5.41) is 4.25. The molecular formula is C17H23N3O. The summed E-state index contributed by atoms with van der Waals surface area (Å²) in [6, 6.07) is 10.2. The lowest BCUT2D eigenvalue weighted by Crippen LogP contribution is -2.39. The number of likely N-dealkylation sites (tertiary alicyclic amines) is 1. The monoisotopic (exact) mass is 285 g/mol. The maximum atomic E-state index is 6.14. The van der Waals surface area contributed by atoms with Crippen molar-refractivity contribution in [1.82, 2.24) is 14.7 Å². The van der Waals surface area contributed by atoms with Gasteiger partial charge in [-0.05, 0) is 37.5 Å². The quantitative estimate of drug-likeness (QED) is 0.846. The zero-order valence-electron chi connectivity index (χ0n) is 12.6. The van der Waals surface area contributed by atoms with Gasteiger partial charge in [-0.2, -0.15) is 5.10 Å². The topological polar surface area (TPSA) is 30.3 Å². The smallest absolute Gasteiger partial charge is 0.122 e. The molecule has 112 valence electrons. The van der Waals surface area contributed by atoms with Crippen LogP contribution in [0, 0.1) is 6.92 Å². The molecule has 4 heteroatoms. The molecule has 4 nitrogen and oxygen atoms in total. The van der Waals surface area contributed by atoms with Crippen molar-refractivity contribution in [2.75, 3.05) is 19.6 Å². The van der Waals surface area contributed by atoms with E-state index < -0.39 is 0 Å². The van der Waals surface area contributed by atoms with E-state index in [2.05, 4.69) is 35.1 Å². The van der Waals surface area contributed by atoms with Crippen molar-refractivity contribution in [2.45, 2.75) is 32.4 Å². The molecule has 1 saturated heterocycles. The Labute approximate surface area is 126 Å². The molecule has 0 bridgehead atoms. The molecule has 0 aliphatic carbocycles. The fourth-order valence-electron chi connectivity index (χ4n) is 2.80. The minimum Gasteiger partial charge on any atom is -0.490 e. The Morgan fingerprint density at radius 3 is 2.67 bits per heavy atom. The molecule has 1 aliphatic heterocycles. The average Bonchev–Trinajstić information content (AvgIpc) is 3.02. The first-order chi connectivity index (χ1) is 10.3. The van der Waals surface area contributed by atoms with Gasteiger partial charge in [0.1, 0.15) is 11.9 Å². The van der Waals surface area contributed by atoms with Gasteiger partial charge >= 0.3 is 0 Å². The van der Waals surface area contributed by atoms with Crippen LogP contribution in [0.1, 0.15) is 18.4 Å². The van der Waals surface area contributed by atoms with E-state index in [0.717, 1.165) is 44.8 Å². The van der Waals surface area contributed by atoms with Gasteiger partial charge in [0.05, 0.1) is 6.54 Å². The second kappa shape index (κ2) is 6.76. The number of aryl methyl sites for hydroxylation is 1. The highest BCUT2D eigenvalue weighted by Gasteiger charge is 2.20. The molecule has 2 heterocycles. The third kappa shape index (κ3) is 3.85. The molecule has 0 amide bonds. The van der Waals surface area contributed by atoms with E-state index >= 15 is 0 Å². The number of piperidine rings is 1. The Balaban J connectivity index is 1.44. The molecule has 1 fully saturated rings. The number of benzene rings is 1. The van der Waals surface area contributed by atoms with Gasteiger partial charge in [-0.1, -0.05) is 18.2 Å². The van der Waals surface area contributed by atoms with Crippen LogP contribution in [0.3, 0.4) is 0 Å². The molecule has 0 radical (unpaired) electrons. The fraction of sp³-hybridized carbons (Fsp3) is 0.471. The summed E-state index contributed by atoms with van der Waals surface area (Å²) >= 11 is 0. The Hall–Kier alpha value is -1.81. The molecule has 1 aromatic heterocycles. The highest BCUT2D eigenvalue weighted by Crippen LogP contribution is 2.22. The predicted molar refractivity (Wildman–Crippen MR) is 83.5 cm³/mol. The van der Waals surface area contributed by atoms with Crippen molar-refractivity contribution in [3.63, 3.8) is 0 Å². The van der Waals surface area contributed by atoms with E-state index in [1.807, 2.05) is 29.2 Å². The van der Waals surface area contributed by atoms with E-state index in [1.165, 1.54) is 5.56 Å². The summed E-state index contributed by atoms with van der Waals surface area (Å²) in [6.45, 7) is 6.36. The molecular weight excluding hydrogens is 262 g/mol. The lowest BCUT2D eigenvalue weighted by molar-refractivity contribution is 0.0974. The summed E-state index contributed by atoms with van der Waals surface area (Å²) in [4.78, 5) is 2.50. The molecule has 1 aromatic carbocycles. The minimum absolute atomic E-state index is 0.354. The van der Waals surface area contributed by atoms with Gasteiger partial charge in [-0.3, -0.25) is 4.68 Å². The summed E-state index contributed by atoms with van der Waals surface area (Å²) < 4.78 is 8.14. The van der Waals surface area contributed by atoms with Crippen molar-refractivity contribution in [2.24, 2.45) is 0 Å². The summed E-state index contributed by atoms with van der Waals surface area (Å²) in [5.74, 6) is 1.03. The van der Waals surface area contributed by atoms with Gasteiger partial charge < -0.3 is 9.64 Å². The molecule has 0 unspecified atom stereocenters. The minimum atomic E-state index is 0.354. The molecule has 21 heavy (non-hydrogen) atoms. The van der Waals surface area contributed by atoms with Crippen molar-refractivity contribution in [3.05, 3.63) is 48.3 Å². The Morgan fingerprint density at radius 1 is 1.14 bits per heavy atom. The third-order valence-corrected chi connectivity index (χ3v) is 4.13. The van der Waals surface area contributed by atoms with Crippen LogP contribution in [0.2, 0.25) is 0 Å². The largest absolute Gasteiger partial charge is 0.490 e. The van der Waals surface area contributed by atoms with Gasteiger partial charge in [-0.15, -0.1) is 0 Å². The molecule has 1 aliphatic rings. The zero-order chi connectivity index (χ0) is 14.5. The SMILES string of the molecule is Cc1ccccc1OC1CCN(CCn2cccn2)CC1. The normalized spacial score (nSPS) is 17.0. The number of para-hydroxylation sites is 1. The van der Waals surface area contributed by atoms with Gasteiger partial charge in [0.15, 0.2) is 0 Å². The first kappa shape index (κ1) is 14.1. The number of hydrogen-bond acceptors (Lipinski definition) is 3. The Bertz CT molecular complexity index is 545. The lowest BCUT2D eigenvalue weighted by atomic mass is 10.1. The molecule has 2 aromatic rings. The zero-order valence-corrected chi connectivity index (χ0v) is 12.6. The molecule has 0 spiro atoms. The van der Waals surface area contributed by atoms with Crippen LogP contribution in [0.25, 0.3) is 0 Å². The van der Waals surface area contributed by atoms with Crippen molar-refractivity contribution in [1.29, 1.82) is 0 Å². The van der Waals surface area contributed by atoms with E-state index in [4.69, 9.17) is 4.74 Å². The maximum Gasteiger partial charge on any atom is 0.122 e. The molecule has 0 saturated carbocycles. The maximum absolute atomic E-state index is 6.14. The van der Waals surface area contributed by atoms with Crippen LogP contribution in [0.15, 0.2) is 42.7 Å². The van der Waals surface area contributed by atoms with Crippen LogP contribution in [-0.4, -0.2) is 40.4 Å². The summed E-state index contributed by atoms with van der Waals surface area (Å²) in [5.41, 5.74) is 1.22. The van der Waals surface area contributed by atoms with Gasteiger partial charge in [0.25, 0.3) is 0 Å². The standard InChI is InChI=1S/C17H23N3O/c1-15-5-2-3-6-17(15)21-16-7-11-19(12-8-16)13-14-20-10-4-9-18-20/h2-6,9-10,16H,7-8,11-14H2,1H3. The predicted octanol–water partition coefficient (Wildman–Crippen LogP) is 2.73. The van der Waals surface area contributed by atoms with Crippen molar-refractivity contribution < 1.29 is 4.74 Å². The summed E-state index contributed by atoms with van der Waals surface area (Å²) in [6.07, 6.45) is 6.42.